The summed E-state index contributed by atoms with van der Waals surface area (Å²) in [5.74, 6) is 1.62. The zero-order valence-electron chi connectivity index (χ0n) is 15.4. The molecule has 2 aliphatic heterocycles. The van der Waals surface area contributed by atoms with E-state index < -0.39 is 0 Å². The van der Waals surface area contributed by atoms with E-state index in [9.17, 15) is 9.59 Å². The molecular weight excluding hydrogens is 360 g/mol. The monoisotopic (exact) mass is 382 g/mol. The number of fused-ring (bicyclic) bond motifs is 2. The van der Waals surface area contributed by atoms with Crippen molar-refractivity contribution in [3.8, 4) is 16.9 Å². The van der Waals surface area contributed by atoms with Gasteiger partial charge >= 0.3 is 0 Å². The number of hydrogen-bond donors (Lipinski definition) is 1. The van der Waals surface area contributed by atoms with Crippen LogP contribution < -0.4 is 10.1 Å². The molecule has 1 saturated heterocycles. The summed E-state index contributed by atoms with van der Waals surface area (Å²) in [7, 11) is 1.63. The first-order chi connectivity index (χ1) is 13.1. The molecule has 2 aromatic carbocycles. The molecule has 0 radical (unpaired) electrons. The van der Waals surface area contributed by atoms with Crippen LogP contribution in [0, 0.1) is 0 Å². The molecule has 1 fully saturated rings. The van der Waals surface area contributed by atoms with Crippen LogP contribution in [0.4, 0.5) is 5.69 Å². The van der Waals surface area contributed by atoms with Gasteiger partial charge in [-0.3, -0.25) is 9.59 Å². The highest BCUT2D eigenvalue weighted by atomic mass is 32.2. The molecule has 0 unspecified atom stereocenters. The number of carbonyl (C=O) groups is 2. The van der Waals surface area contributed by atoms with Crippen LogP contribution in [0.2, 0.25) is 0 Å². The summed E-state index contributed by atoms with van der Waals surface area (Å²) in [5, 5.41) is 3.27. The Balaban J connectivity index is 1.68. The van der Waals surface area contributed by atoms with Crippen molar-refractivity contribution in [3.05, 3.63) is 48.0 Å². The summed E-state index contributed by atoms with van der Waals surface area (Å²) in [6.45, 7) is 2.73. The maximum absolute atomic E-state index is 13.2. The lowest BCUT2D eigenvalue weighted by molar-refractivity contribution is -0.119. The second-order valence-corrected chi connectivity index (χ2v) is 8.34. The van der Waals surface area contributed by atoms with Gasteiger partial charge in [0.25, 0.3) is 5.91 Å². The lowest BCUT2D eigenvalue weighted by Gasteiger charge is -2.20. The van der Waals surface area contributed by atoms with Gasteiger partial charge in [-0.2, -0.15) is 11.8 Å². The second-order valence-electron chi connectivity index (χ2n) is 6.76. The van der Waals surface area contributed by atoms with Gasteiger partial charge in [0.1, 0.15) is 11.8 Å². The number of anilines is 1. The third kappa shape index (κ3) is 3.30. The lowest BCUT2D eigenvalue weighted by atomic mass is 10.0. The normalized spacial score (nSPS) is 21.3. The van der Waals surface area contributed by atoms with Gasteiger partial charge in [-0.15, -0.1) is 0 Å². The summed E-state index contributed by atoms with van der Waals surface area (Å²) in [4.78, 5) is 27.6. The Kier molecular flexibility index (Phi) is 4.83. The Bertz CT molecular complexity index is 881. The zero-order chi connectivity index (χ0) is 19.0. The van der Waals surface area contributed by atoms with Gasteiger partial charge in [-0.1, -0.05) is 25.1 Å². The molecular formula is C21H22N2O3S. The largest absolute Gasteiger partial charge is 0.497 e. The van der Waals surface area contributed by atoms with Crippen molar-refractivity contribution in [1.29, 1.82) is 0 Å². The van der Waals surface area contributed by atoms with E-state index in [1.807, 2.05) is 54.2 Å². The Labute approximate surface area is 163 Å². The summed E-state index contributed by atoms with van der Waals surface area (Å²) < 4.78 is 5.21. The third-order valence-corrected chi connectivity index (χ3v) is 6.31. The predicted molar refractivity (Wildman–Crippen MR) is 108 cm³/mol. The number of nitrogens with zero attached hydrogens (tertiary/aromatic N) is 1. The van der Waals surface area contributed by atoms with E-state index in [4.69, 9.17) is 4.74 Å². The van der Waals surface area contributed by atoms with Gasteiger partial charge < -0.3 is 15.0 Å². The highest BCUT2D eigenvalue weighted by molar-refractivity contribution is 7.99. The fraction of sp³-hybridized carbons (Fsp3) is 0.333. The molecule has 2 atom stereocenters. The molecule has 2 aromatic rings. The molecule has 0 saturated carbocycles. The number of ether oxygens (including phenoxy) is 1. The Hall–Kier alpha value is -2.47. The van der Waals surface area contributed by atoms with E-state index in [-0.39, 0.29) is 17.9 Å². The SMILES string of the molecule is CCS[C@H]1C[C@H]2C(=O)Nc3ccc(-c4ccc(OC)cc4)cc3C(=O)N2C1. The molecule has 2 heterocycles. The molecule has 4 rings (SSSR count). The number of rotatable bonds is 4. The second kappa shape index (κ2) is 7.27. The standard InChI is InChI=1S/C21H22N2O3S/c1-3-27-16-11-19-20(24)22-18-9-6-14(10-17(18)21(25)23(19)12-16)13-4-7-15(26-2)8-5-13/h4-10,16,19H,3,11-12H2,1-2H3,(H,22,24)/t16-,19-/m0/s1. The first-order valence-corrected chi connectivity index (χ1v) is 10.2. The first kappa shape index (κ1) is 17.9. The van der Waals surface area contributed by atoms with E-state index in [0.29, 0.717) is 23.0 Å². The van der Waals surface area contributed by atoms with Crippen LogP contribution in [-0.4, -0.2) is 47.4 Å². The summed E-state index contributed by atoms with van der Waals surface area (Å²) in [5.41, 5.74) is 3.09. The zero-order valence-corrected chi connectivity index (χ0v) is 16.2. The molecule has 27 heavy (non-hydrogen) atoms. The number of amides is 2. The number of methoxy groups -OCH3 is 1. The molecule has 140 valence electrons. The summed E-state index contributed by atoms with van der Waals surface area (Å²) in [6.07, 6.45) is 0.718. The van der Waals surface area contributed by atoms with Gasteiger partial charge in [0.2, 0.25) is 5.91 Å². The summed E-state index contributed by atoms with van der Waals surface area (Å²) >= 11 is 1.81. The lowest BCUT2D eigenvalue weighted by Crippen LogP contribution is -2.40. The van der Waals surface area contributed by atoms with Gasteiger partial charge in [0, 0.05) is 11.8 Å². The van der Waals surface area contributed by atoms with Gasteiger partial charge in [-0.05, 0) is 47.6 Å². The molecule has 5 nitrogen and oxygen atoms in total. The van der Waals surface area contributed by atoms with E-state index in [1.54, 1.807) is 12.0 Å². The van der Waals surface area contributed by atoms with Crippen LogP contribution in [0.25, 0.3) is 11.1 Å². The quantitative estimate of drug-likeness (QED) is 0.877. The van der Waals surface area contributed by atoms with Crippen LogP contribution >= 0.6 is 11.8 Å². The highest BCUT2D eigenvalue weighted by Gasteiger charge is 2.42. The van der Waals surface area contributed by atoms with Crippen molar-refractivity contribution in [2.45, 2.75) is 24.6 Å². The van der Waals surface area contributed by atoms with E-state index in [0.717, 1.165) is 29.1 Å². The molecule has 6 heteroatoms. The van der Waals surface area contributed by atoms with Crippen molar-refractivity contribution in [3.63, 3.8) is 0 Å². The molecule has 2 amide bonds. The van der Waals surface area contributed by atoms with Crippen LogP contribution in [0.5, 0.6) is 5.75 Å². The Morgan fingerprint density at radius 1 is 1.15 bits per heavy atom. The number of benzene rings is 2. The van der Waals surface area contributed by atoms with Gasteiger partial charge in [-0.25, -0.2) is 0 Å². The van der Waals surface area contributed by atoms with Crippen molar-refractivity contribution in [2.24, 2.45) is 0 Å². The number of carbonyl (C=O) groups excluding carboxylic acids is 2. The van der Waals surface area contributed by atoms with Crippen molar-refractivity contribution < 1.29 is 14.3 Å². The van der Waals surface area contributed by atoms with Crippen molar-refractivity contribution in [2.75, 3.05) is 24.7 Å². The van der Waals surface area contributed by atoms with Crippen molar-refractivity contribution in [1.82, 2.24) is 4.90 Å². The number of hydrogen-bond acceptors (Lipinski definition) is 4. The van der Waals surface area contributed by atoms with Crippen LogP contribution in [0.15, 0.2) is 42.5 Å². The molecule has 0 spiro atoms. The minimum Gasteiger partial charge on any atom is -0.497 e. The van der Waals surface area contributed by atoms with Crippen LogP contribution in [-0.2, 0) is 4.79 Å². The summed E-state index contributed by atoms with van der Waals surface area (Å²) in [6, 6.07) is 13.0. The fourth-order valence-electron chi connectivity index (χ4n) is 3.79. The van der Waals surface area contributed by atoms with Gasteiger partial charge in [0.15, 0.2) is 0 Å². The maximum atomic E-state index is 13.2. The molecule has 0 aliphatic carbocycles. The average Bonchev–Trinajstić information content (AvgIpc) is 3.08. The Morgan fingerprint density at radius 2 is 1.89 bits per heavy atom. The first-order valence-electron chi connectivity index (χ1n) is 9.12. The van der Waals surface area contributed by atoms with E-state index >= 15 is 0 Å². The van der Waals surface area contributed by atoms with Gasteiger partial charge in [0.05, 0.1) is 18.4 Å². The minimum absolute atomic E-state index is 0.0667. The Morgan fingerprint density at radius 3 is 2.59 bits per heavy atom. The van der Waals surface area contributed by atoms with E-state index in [2.05, 4.69) is 12.2 Å². The van der Waals surface area contributed by atoms with E-state index in [1.165, 1.54) is 0 Å². The maximum Gasteiger partial charge on any atom is 0.256 e. The van der Waals surface area contributed by atoms with Crippen molar-refractivity contribution >= 4 is 29.3 Å². The smallest absolute Gasteiger partial charge is 0.256 e. The fourth-order valence-corrected chi connectivity index (χ4v) is 4.85. The van der Waals surface area contributed by atoms with Crippen LogP contribution in [0.1, 0.15) is 23.7 Å². The minimum atomic E-state index is -0.376. The molecule has 0 aromatic heterocycles. The highest BCUT2D eigenvalue weighted by Crippen LogP contribution is 2.35. The van der Waals surface area contributed by atoms with Crippen LogP contribution in [0.3, 0.4) is 0 Å². The molecule has 1 N–H and O–H groups in total. The topological polar surface area (TPSA) is 58.6 Å². The number of nitrogens with one attached hydrogen (secondary N) is 1. The molecule has 0 bridgehead atoms. The molecule has 2 aliphatic rings. The number of thioether (sulfide) groups is 1. The predicted octanol–water partition coefficient (Wildman–Crippen LogP) is 3.65. The average molecular weight is 382 g/mol. The third-order valence-electron chi connectivity index (χ3n) is 5.16.